The minimum absolute atomic E-state index is 0.0395. The first-order chi connectivity index (χ1) is 23.7. The van der Waals surface area contributed by atoms with Gasteiger partial charge in [0.25, 0.3) is 0 Å². The van der Waals surface area contributed by atoms with Gasteiger partial charge in [-0.1, -0.05) is 57.6 Å². The van der Waals surface area contributed by atoms with Crippen molar-refractivity contribution in [2.75, 3.05) is 39.6 Å². The van der Waals surface area contributed by atoms with Crippen LogP contribution in [0, 0.1) is 16.2 Å². The Morgan fingerprint density at radius 2 is 0.840 bits per heavy atom. The van der Waals surface area contributed by atoms with Crippen molar-refractivity contribution in [1.82, 2.24) is 0 Å². The predicted octanol–water partition coefficient (Wildman–Crippen LogP) is 0.357. The van der Waals surface area contributed by atoms with Gasteiger partial charge in [-0.3, -0.25) is 4.79 Å². The van der Waals surface area contributed by atoms with Gasteiger partial charge in [0.05, 0.1) is 81.7 Å². The molecular formula is C36H70O14. The molecule has 0 aliphatic rings. The number of carboxylic acids is 1. The van der Waals surface area contributed by atoms with Gasteiger partial charge in [-0.25, -0.2) is 0 Å². The van der Waals surface area contributed by atoms with Crippen molar-refractivity contribution in [3.8, 4) is 0 Å². The lowest BCUT2D eigenvalue weighted by Crippen LogP contribution is -2.63. The molecule has 0 amide bonds. The number of aliphatic hydroxyl groups is 12. The molecule has 6 atom stereocenters. The summed E-state index contributed by atoms with van der Waals surface area (Å²) < 4.78 is 0. The number of hydrogen-bond acceptors (Lipinski definition) is 13. The molecule has 0 fully saturated rings. The number of allylic oxidation sites excluding steroid dienone is 2. The Hall–Kier alpha value is -1.27. The second-order valence-electron chi connectivity index (χ2n) is 14.3. The van der Waals surface area contributed by atoms with E-state index < -0.39 is 137 Å². The van der Waals surface area contributed by atoms with Gasteiger partial charge in [0, 0.05) is 0 Å². The van der Waals surface area contributed by atoms with E-state index in [0.29, 0.717) is 19.3 Å². The van der Waals surface area contributed by atoms with Crippen LogP contribution in [0.25, 0.3) is 0 Å². The van der Waals surface area contributed by atoms with Gasteiger partial charge < -0.3 is 66.4 Å². The topological polar surface area (TPSA) is 280 Å². The molecule has 298 valence electrons. The molecule has 0 rings (SSSR count). The molecule has 0 aromatic rings. The lowest BCUT2D eigenvalue weighted by atomic mass is 9.41. The Bertz CT molecular complexity index is 851. The molecule has 0 radical (unpaired) electrons. The van der Waals surface area contributed by atoms with E-state index in [-0.39, 0.29) is 6.42 Å². The van der Waals surface area contributed by atoms with Crippen LogP contribution in [0.2, 0.25) is 0 Å². The molecule has 0 aliphatic heterocycles. The van der Waals surface area contributed by atoms with Gasteiger partial charge >= 0.3 is 5.97 Å². The van der Waals surface area contributed by atoms with Gasteiger partial charge in [-0.15, -0.1) is 0 Å². The molecule has 0 saturated carbocycles. The molecule has 6 unspecified atom stereocenters. The number of aliphatic hydroxyl groups excluding tert-OH is 12. The molecule has 0 bridgehead atoms. The van der Waals surface area contributed by atoms with Gasteiger partial charge in [-0.05, 0) is 81.5 Å². The van der Waals surface area contributed by atoms with Crippen LogP contribution in [0.1, 0.15) is 116 Å². The first kappa shape index (κ1) is 48.7. The second-order valence-corrected chi connectivity index (χ2v) is 14.3. The molecule has 0 heterocycles. The molecule has 50 heavy (non-hydrogen) atoms. The van der Waals surface area contributed by atoms with E-state index >= 15 is 0 Å². The van der Waals surface area contributed by atoms with Crippen LogP contribution >= 0.6 is 0 Å². The van der Waals surface area contributed by atoms with E-state index in [4.69, 9.17) is 0 Å². The third-order valence-electron chi connectivity index (χ3n) is 10.4. The summed E-state index contributed by atoms with van der Waals surface area (Å²) in [5.74, 6) is -1.69. The number of carbonyl (C=O) groups is 1. The van der Waals surface area contributed by atoms with Gasteiger partial charge in [0.1, 0.15) is 0 Å². The quantitative estimate of drug-likeness (QED) is 0.0321. The highest BCUT2D eigenvalue weighted by Crippen LogP contribution is 2.66. The van der Waals surface area contributed by atoms with Crippen molar-refractivity contribution in [3.05, 3.63) is 12.2 Å². The molecule has 0 aromatic heterocycles. The van der Waals surface area contributed by atoms with Crippen molar-refractivity contribution in [2.24, 2.45) is 16.2 Å². The smallest absolute Gasteiger partial charge is 0.310 e. The van der Waals surface area contributed by atoms with Crippen molar-refractivity contribution in [1.29, 1.82) is 0 Å². The minimum Gasteiger partial charge on any atom is -0.481 e. The normalized spacial score (nSPS) is 19.6. The highest BCUT2D eigenvalue weighted by Gasteiger charge is 2.67. The van der Waals surface area contributed by atoms with Crippen LogP contribution in [0.4, 0.5) is 0 Å². The largest absolute Gasteiger partial charge is 0.481 e. The Kier molecular flexibility index (Phi) is 25.8. The summed E-state index contributed by atoms with van der Waals surface area (Å²) in [6, 6.07) is 0. The van der Waals surface area contributed by atoms with Gasteiger partial charge in [-0.2, -0.15) is 0 Å². The maximum atomic E-state index is 13.7. The lowest BCUT2D eigenvalue weighted by molar-refractivity contribution is -0.215. The molecule has 0 spiro atoms. The maximum absolute atomic E-state index is 13.7. The molecular weight excluding hydrogens is 656 g/mol. The van der Waals surface area contributed by atoms with Crippen molar-refractivity contribution < 1.29 is 71.2 Å². The third-order valence-corrected chi connectivity index (χ3v) is 10.4. The van der Waals surface area contributed by atoms with Crippen molar-refractivity contribution >= 4 is 5.97 Å². The van der Waals surface area contributed by atoms with Crippen LogP contribution in [-0.4, -0.2) is 149 Å². The molecule has 0 aliphatic carbocycles. The number of carboxylic acid groups (broad SMARTS) is 1. The van der Waals surface area contributed by atoms with Gasteiger partial charge in [0.2, 0.25) is 0 Å². The summed E-state index contributed by atoms with van der Waals surface area (Å²) in [6.07, 6.45) is -0.591. The first-order valence-electron chi connectivity index (χ1n) is 18.4. The van der Waals surface area contributed by atoms with Gasteiger partial charge in [0.15, 0.2) is 0 Å². The molecule has 14 heteroatoms. The summed E-state index contributed by atoms with van der Waals surface area (Å²) in [4.78, 5) is 13.7. The Morgan fingerprint density at radius 1 is 0.500 bits per heavy atom. The number of hydrogen-bond donors (Lipinski definition) is 13. The summed E-state index contributed by atoms with van der Waals surface area (Å²) in [7, 11) is 0. The average Bonchev–Trinajstić information content (AvgIpc) is 3.10. The molecule has 13 N–H and O–H groups in total. The monoisotopic (exact) mass is 726 g/mol. The van der Waals surface area contributed by atoms with Crippen LogP contribution in [0.5, 0.6) is 0 Å². The van der Waals surface area contributed by atoms with E-state index in [0.717, 1.165) is 19.3 Å². The number of unbranched alkanes of at least 4 members (excludes halogenated alkanes) is 8. The number of aliphatic carboxylic acids is 1. The fourth-order valence-electron chi connectivity index (χ4n) is 8.09. The van der Waals surface area contributed by atoms with Crippen molar-refractivity contribution in [2.45, 2.75) is 153 Å². The zero-order chi connectivity index (χ0) is 38.2. The fraction of sp³-hybridized carbons (Fsp3) is 0.917. The van der Waals surface area contributed by atoms with Crippen LogP contribution < -0.4 is 0 Å². The highest BCUT2D eigenvalue weighted by molar-refractivity contribution is 5.76. The highest BCUT2D eigenvalue weighted by atomic mass is 16.4. The maximum Gasteiger partial charge on any atom is 0.310 e. The standard InChI is InChI=1S/C36H70O14/c1-2-3-4-5-6-7-8-9-10-11-12-13-14-34(15-27(43)21-37,16-28(44)22-38)36(19-31(47)25-41,20-32(48)26-42)35(33(49)50,17-29(45)23-39)18-30(46)24-40/h9-10,27-32,37-48H,2-8,11-26H2,1H3,(H,49,50). The number of rotatable bonds is 33. The first-order valence-corrected chi connectivity index (χ1v) is 18.4. The van der Waals surface area contributed by atoms with Crippen LogP contribution in [0.15, 0.2) is 12.2 Å². The molecule has 14 nitrogen and oxygen atoms in total. The summed E-state index contributed by atoms with van der Waals surface area (Å²) >= 11 is 0. The van der Waals surface area contributed by atoms with Crippen molar-refractivity contribution in [3.63, 3.8) is 0 Å². The summed E-state index contributed by atoms with van der Waals surface area (Å²) in [5, 5.41) is 137. The van der Waals surface area contributed by atoms with Crippen LogP contribution in [-0.2, 0) is 4.79 Å². The Balaban J connectivity index is 7.47. The zero-order valence-electron chi connectivity index (χ0n) is 30.1. The summed E-state index contributed by atoms with van der Waals surface area (Å²) in [6.45, 7) is -3.19. The van der Waals surface area contributed by atoms with E-state index in [2.05, 4.69) is 13.0 Å². The molecule has 0 saturated heterocycles. The lowest BCUT2D eigenvalue weighted by Gasteiger charge is -2.62. The minimum atomic E-state index is -2.48. The van der Waals surface area contributed by atoms with E-state index in [1.807, 2.05) is 6.08 Å². The predicted molar refractivity (Wildman–Crippen MR) is 187 cm³/mol. The van der Waals surface area contributed by atoms with E-state index in [1.165, 1.54) is 25.7 Å². The van der Waals surface area contributed by atoms with Crippen LogP contribution in [0.3, 0.4) is 0 Å². The van der Waals surface area contributed by atoms with E-state index in [1.54, 1.807) is 0 Å². The fourth-order valence-corrected chi connectivity index (χ4v) is 8.09. The molecule has 0 aromatic carbocycles. The Morgan fingerprint density at radius 3 is 1.22 bits per heavy atom. The third kappa shape index (κ3) is 15.4. The van der Waals surface area contributed by atoms with E-state index in [9.17, 15) is 71.2 Å². The average molecular weight is 727 g/mol. The summed E-state index contributed by atoms with van der Waals surface area (Å²) in [5.41, 5.74) is -6.40. The SMILES string of the molecule is CCCCCCCCC=CCCCCC(CC(O)CO)(CC(O)CO)C(CC(O)CO)(CC(O)CO)C(CC(O)CO)(CC(O)CO)C(=O)O. The Labute approximate surface area is 297 Å². The zero-order valence-corrected chi connectivity index (χ0v) is 30.1. The second kappa shape index (κ2) is 26.5.